The van der Waals surface area contributed by atoms with Gasteiger partial charge in [0.1, 0.15) is 0 Å². The smallest absolute Gasteiger partial charge is 0.402 e. The summed E-state index contributed by atoms with van der Waals surface area (Å²) in [5.74, 6) is -0.952. The van der Waals surface area contributed by atoms with Crippen LogP contribution in [0.2, 0.25) is 0 Å². The molecule has 76 valence electrons. The maximum Gasteiger partial charge on any atom is 0.402 e. The molecule has 0 aliphatic carbocycles. The van der Waals surface area contributed by atoms with Gasteiger partial charge in [-0.05, 0) is 18.2 Å². The predicted octanol–water partition coefficient (Wildman–Crippen LogP) is 0.590. The number of primary amides is 1. The van der Waals surface area contributed by atoms with Crippen LogP contribution in [0.3, 0.4) is 0 Å². The SMILES string of the molecule is NC(=O)O.Nc1cccc(C(=O)O)c1. The number of aromatic carboxylic acids is 1. The summed E-state index contributed by atoms with van der Waals surface area (Å²) in [5.41, 5.74) is 10.1. The number of carboxylic acid groups (broad SMARTS) is 2. The van der Waals surface area contributed by atoms with Crippen LogP contribution >= 0.6 is 0 Å². The third kappa shape index (κ3) is 5.42. The topological polar surface area (TPSA) is 127 Å². The lowest BCUT2D eigenvalue weighted by atomic mass is 10.2. The van der Waals surface area contributed by atoms with Crippen molar-refractivity contribution in [2.45, 2.75) is 0 Å². The molecule has 1 rings (SSSR count). The van der Waals surface area contributed by atoms with E-state index in [1.165, 1.54) is 12.1 Å². The molecule has 0 aliphatic heterocycles. The van der Waals surface area contributed by atoms with E-state index < -0.39 is 12.1 Å². The van der Waals surface area contributed by atoms with Gasteiger partial charge in [-0.3, -0.25) is 0 Å². The zero-order valence-corrected chi connectivity index (χ0v) is 7.18. The molecular weight excluding hydrogens is 188 g/mol. The fraction of sp³-hybridized carbons (Fsp3) is 0. The summed E-state index contributed by atoms with van der Waals surface area (Å²) in [7, 11) is 0. The van der Waals surface area contributed by atoms with Crippen molar-refractivity contribution >= 4 is 17.7 Å². The lowest BCUT2D eigenvalue weighted by Gasteiger charge is -1.93. The summed E-state index contributed by atoms with van der Waals surface area (Å²) in [6.07, 6.45) is -1.33. The van der Waals surface area contributed by atoms with E-state index in [2.05, 4.69) is 5.73 Å². The second kappa shape index (κ2) is 5.41. The first kappa shape index (κ1) is 11.8. The number of anilines is 1. The van der Waals surface area contributed by atoms with Crippen LogP contribution in [-0.4, -0.2) is 22.3 Å². The first-order chi connectivity index (χ1) is 6.43. The van der Waals surface area contributed by atoms with Gasteiger partial charge in [0.25, 0.3) is 0 Å². The van der Waals surface area contributed by atoms with Crippen molar-refractivity contribution in [3.8, 4) is 0 Å². The Morgan fingerprint density at radius 2 is 1.71 bits per heavy atom. The largest absolute Gasteiger partial charge is 0.478 e. The van der Waals surface area contributed by atoms with Gasteiger partial charge < -0.3 is 21.7 Å². The monoisotopic (exact) mass is 198 g/mol. The summed E-state index contributed by atoms with van der Waals surface area (Å²) >= 11 is 0. The van der Waals surface area contributed by atoms with E-state index in [9.17, 15) is 4.79 Å². The number of nitrogens with two attached hydrogens (primary N) is 2. The van der Waals surface area contributed by atoms with Gasteiger partial charge in [-0.2, -0.15) is 0 Å². The highest BCUT2D eigenvalue weighted by Gasteiger charge is 1.99. The average molecular weight is 198 g/mol. The first-order valence-corrected chi connectivity index (χ1v) is 3.50. The Hall–Kier alpha value is -2.24. The molecule has 0 bridgehead atoms. The number of carbonyl (C=O) groups is 2. The molecule has 0 spiro atoms. The summed E-state index contributed by atoms with van der Waals surface area (Å²) < 4.78 is 0. The summed E-state index contributed by atoms with van der Waals surface area (Å²) in [5, 5.41) is 15.6. The van der Waals surface area contributed by atoms with Crippen LogP contribution in [0.15, 0.2) is 24.3 Å². The zero-order chi connectivity index (χ0) is 11.1. The maximum atomic E-state index is 10.3. The van der Waals surface area contributed by atoms with Crippen LogP contribution in [0, 0.1) is 0 Å². The molecule has 0 atom stereocenters. The minimum Gasteiger partial charge on any atom is -0.478 e. The van der Waals surface area contributed by atoms with Crippen LogP contribution in [-0.2, 0) is 0 Å². The van der Waals surface area contributed by atoms with Gasteiger partial charge in [0, 0.05) is 5.69 Å². The molecule has 0 fully saturated rings. The highest BCUT2D eigenvalue weighted by atomic mass is 16.4. The molecule has 0 unspecified atom stereocenters. The molecule has 0 radical (unpaired) electrons. The van der Waals surface area contributed by atoms with Gasteiger partial charge >= 0.3 is 12.1 Å². The highest BCUT2D eigenvalue weighted by Crippen LogP contribution is 2.05. The van der Waals surface area contributed by atoms with Crippen molar-refractivity contribution in [3.05, 3.63) is 29.8 Å². The Kier molecular flexibility index (Phi) is 4.55. The number of carboxylic acids is 1. The van der Waals surface area contributed by atoms with E-state index in [1.807, 2.05) is 0 Å². The minimum absolute atomic E-state index is 0.222. The van der Waals surface area contributed by atoms with Crippen LogP contribution in [0.1, 0.15) is 10.4 Å². The molecule has 1 aromatic rings. The Morgan fingerprint density at radius 1 is 1.21 bits per heavy atom. The predicted molar refractivity (Wildman–Crippen MR) is 50.0 cm³/mol. The maximum absolute atomic E-state index is 10.3. The number of benzene rings is 1. The van der Waals surface area contributed by atoms with Crippen molar-refractivity contribution in [3.63, 3.8) is 0 Å². The van der Waals surface area contributed by atoms with E-state index in [-0.39, 0.29) is 5.56 Å². The van der Waals surface area contributed by atoms with E-state index >= 15 is 0 Å². The van der Waals surface area contributed by atoms with Gasteiger partial charge in [0.15, 0.2) is 0 Å². The van der Waals surface area contributed by atoms with Crippen LogP contribution < -0.4 is 11.5 Å². The van der Waals surface area contributed by atoms with Gasteiger partial charge in [-0.25, -0.2) is 9.59 Å². The normalized spacial score (nSPS) is 8.29. The van der Waals surface area contributed by atoms with Crippen LogP contribution in [0.5, 0.6) is 0 Å². The number of hydrogen-bond acceptors (Lipinski definition) is 3. The zero-order valence-electron chi connectivity index (χ0n) is 7.18. The molecule has 0 aromatic heterocycles. The fourth-order valence-corrected chi connectivity index (χ4v) is 0.672. The van der Waals surface area contributed by atoms with E-state index in [0.29, 0.717) is 5.69 Å². The second-order valence-corrected chi connectivity index (χ2v) is 2.27. The van der Waals surface area contributed by atoms with Gasteiger partial charge in [0.05, 0.1) is 5.56 Å². The van der Waals surface area contributed by atoms with E-state index in [1.54, 1.807) is 12.1 Å². The number of hydrogen-bond donors (Lipinski definition) is 4. The molecule has 6 N–H and O–H groups in total. The first-order valence-electron chi connectivity index (χ1n) is 3.50. The molecule has 6 nitrogen and oxygen atoms in total. The molecule has 0 heterocycles. The fourth-order valence-electron chi connectivity index (χ4n) is 0.672. The number of nitrogen functional groups attached to an aromatic ring is 1. The van der Waals surface area contributed by atoms with Crippen molar-refractivity contribution < 1.29 is 19.8 Å². The molecule has 1 aromatic carbocycles. The molecular formula is C8H10N2O4. The summed E-state index contributed by atoms with van der Waals surface area (Å²) in [6, 6.07) is 6.17. The Labute approximate surface area is 79.8 Å². The van der Waals surface area contributed by atoms with Crippen molar-refractivity contribution in [1.29, 1.82) is 0 Å². The van der Waals surface area contributed by atoms with Gasteiger partial charge in [-0.1, -0.05) is 6.07 Å². The van der Waals surface area contributed by atoms with E-state index in [4.69, 9.17) is 20.7 Å². The minimum atomic E-state index is -1.33. The summed E-state index contributed by atoms with van der Waals surface area (Å²) in [4.78, 5) is 19.1. The van der Waals surface area contributed by atoms with Gasteiger partial charge in [-0.15, -0.1) is 0 Å². The van der Waals surface area contributed by atoms with Crippen molar-refractivity contribution in [1.82, 2.24) is 0 Å². The highest BCUT2D eigenvalue weighted by molar-refractivity contribution is 5.88. The third-order valence-electron chi connectivity index (χ3n) is 1.13. The van der Waals surface area contributed by atoms with Crippen molar-refractivity contribution in [2.24, 2.45) is 5.73 Å². The number of amides is 1. The van der Waals surface area contributed by atoms with Crippen LogP contribution in [0.25, 0.3) is 0 Å². The molecule has 0 saturated carbocycles. The summed E-state index contributed by atoms with van der Waals surface area (Å²) in [6.45, 7) is 0. The Balaban J connectivity index is 0.000000364. The van der Waals surface area contributed by atoms with Gasteiger partial charge in [0.2, 0.25) is 0 Å². The Morgan fingerprint density at radius 3 is 2.00 bits per heavy atom. The lowest BCUT2D eigenvalue weighted by Crippen LogP contribution is -2.03. The third-order valence-corrected chi connectivity index (χ3v) is 1.13. The number of rotatable bonds is 1. The second-order valence-electron chi connectivity index (χ2n) is 2.27. The molecule has 1 amide bonds. The standard InChI is InChI=1S/C7H7NO2.CH3NO2/c8-6-3-1-2-5(4-6)7(9)10;2-1(3)4/h1-4H,8H2,(H,9,10);2H2,(H,3,4). The molecule has 0 aliphatic rings. The van der Waals surface area contributed by atoms with E-state index in [0.717, 1.165) is 0 Å². The van der Waals surface area contributed by atoms with Crippen LogP contribution in [0.4, 0.5) is 10.5 Å². The lowest BCUT2D eigenvalue weighted by molar-refractivity contribution is 0.0697. The van der Waals surface area contributed by atoms with Crippen molar-refractivity contribution in [2.75, 3.05) is 5.73 Å². The molecule has 0 saturated heterocycles. The molecule has 6 heteroatoms. The Bertz CT molecular complexity index is 334. The molecule has 14 heavy (non-hydrogen) atoms. The quantitative estimate of drug-likeness (QED) is 0.491. The average Bonchev–Trinajstić information content (AvgIpc) is 2.03.